The summed E-state index contributed by atoms with van der Waals surface area (Å²) in [4.78, 5) is 25.6. The summed E-state index contributed by atoms with van der Waals surface area (Å²) in [7, 11) is 0. The van der Waals surface area contributed by atoms with Gasteiger partial charge in [-0.2, -0.15) is 0 Å². The fourth-order valence-corrected chi connectivity index (χ4v) is 3.06. The topological polar surface area (TPSA) is 61.4 Å². The lowest BCUT2D eigenvalue weighted by molar-refractivity contribution is -0.131. The fourth-order valence-electron chi connectivity index (χ4n) is 3.06. The number of hydrogen-bond acceptors (Lipinski definition) is 3. The number of nitrogens with one attached hydrogen (secondary N) is 2. The van der Waals surface area contributed by atoms with Crippen molar-refractivity contribution in [1.82, 2.24) is 15.5 Å². The molecule has 3 aliphatic rings. The minimum absolute atomic E-state index is 0.0206. The summed E-state index contributed by atoms with van der Waals surface area (Å²) >= 11 is 0. The molecular weight excluding hydrogens is 218 g/mol. The smallest absolute Gasteiger partial charge is 0.323 e. The van der Waals surface area contributed by atoms with Gasteiger partial charge < -0.3 is 10.6 Å². The number of carbonyl (C=O) groups excluding carboxylic acids is 2. The average Bonchev–Trinajstić information content (AvgIpc) is 2.77. The average molecular weight is 237 g/mol. The predicted octanol–water partition coefficient (Wildman–Crippen LogP) is 0.460. The van der Waals surface area contributed by atoms with E-state index in [-0.39, 0.29) is 11.9 Å². The van der Waals surface area contributed by atoms with Crippen molar-refractivity contribution in [2.45, 2.75) is 37.6 Å². The van der Waals surface area contributed by atoms with E-state index >= 15 is 0 Å². The molecule has 0 aromatic rings. The van der Waals surface area contributed by atoms with Gasteiger partial charge in [-0.25, -0.2) is 4.79 Å². The molecule has 0 aromatic heterocycles. The van der Waals surface area contributed by atoms with E-state index in [1.807, 2.05) is 0 Å². The molecule has 94 valence electrons. The van der Waals surface area contributed by atoms with Gasteiger partial charge in [0.25, 0.3) is 5.91 Å². The maximum absolute atomic E-state index is 12.3. The Morgan fingerprint density at radius 2 is 1.94 bits per heavy atom. The first-order valence-electron chi connectivity index (χ1n) is 6.56. The highest BCUT2D eigenvalue weighted by molar-refractivity contribution is 6.07. The Morgan fingerprint density at radius 1 is 1.24 bits per heavy atom. The number of amides is 3. The molecule has 0 aromatic carbocycles. The zero-order chi connectivity index (χ0) is 11.9. The van der Waals surface area contributed by atoms with Gasteiger partial charge in [-0.3, -0.25) is 9.69 Å². The molecule has 2 heterocycles. The third-order valence-electron chi connectivity index (χ3n) is 4.33. The van der Waals surface area contributed by atoms with Crippen molar-refractivity contribution >= 4 is 11.9 Å². The predicted molar refractivity (Wildman–Crippen MR) is 62.4 cm³/mol. The first kappa shape index (κ1) is 11.0. The van der Waals surface area contributed by atoms with Crippen LogP contribution < -0.4 is 10.6 Å². The number of hydrogen-bond donors (Lipinski definition) is 2. The Kier molecular flexibility index (Phi) is 2.58. The van der Waals surface area contributed by atoms with Crippen LogP contribution in [-0.2, 0) is 4.79 Å². The lowest BCUT2D eigenvalue weighted by atomic mass is 9.97. The Bertz CT molecular complexity index is 346. The molecule has 5 heteroatoms. The van der Waals surface area contributed by atoms with E-state index in [2.05, 4.69) is 10.6 Å². The van der Waals surface area contributed by atoms with Gasteiger partial charge in [-0.1, -0.05) is 12.8 Å². The molecule has 3 amide bonds. The van der Waals surface area contributed by atoms with Gasteiger partial charge in [0.1, 0.15) is 5.54 Å². The van der Waals surface area contributed by atoms with Gasteiger partial charge in [0, 0.05) is 6.54 Å². The summed E-state index contributed by atoms with van der Waals surface area (Å²) in [6.07, 6.45) is 4.67. The van der Waals surface area contributed by atoms with Crippen molar-refractivity contribution in [3.05, 3.63) is 0 Å². The third-order valence-corrected chi connectivity index (χ3v) is 4.33. The molecule has 17 heavy (non-hydrogen) atoms. The van der Waals surface area contributed by atoms with Gasteiger partial charge in [-0.15, -0.1) is 0 Å². The van der Waals surface area contributed by atoms with Gasteiger partial charge in [0.2, 0.25) is 0 Å². The van der Waals surface area contributed by atoms with E-state index in [1.165, 1.54) is 4.90 Å². The molecule has 1 aliphatic carbocycles. The van der Waals surface area contributed by atoms with Gasteiger partial charge in [0.05, 0.1) is 0 Å². The van der Waals surface area contributed by atoms with E-state index < -0.39 is 5.54 Å². The number of nitrogens with zero attached hydrogens (tertiary/aromatic N) is 1. The zero-order valence-electron chi connectivity index (χ0n) is 10.00. The second-order valence-corrected chi connectivity index (χ2v) is 5.49. The van der Waals surface area contributed by atoms with Crippen molar-refractivity contribution in [2.75, 3.05) is 19.6 Å². The number of rotatable bonds is 3. The van der Waals surface area contributed by atoms with Crippen LogP contribution in [0, 0.1) is 5.92 Å². The number of imide groups is 1. The lowest BCUT2D eigenvalue weighted by Crippen LogP contribution is -2.45. The largest absolute Gasteiger partial charge is 0.325 e. The third kappa shape index (κ3) is 1.73. The number of urea groups is 1. The van der Waals surface area contributed by atoms with Crippen LogP contribution in [0.4, 0.5) is 4.79 Å². The zero-order valence-corrected chi connectivity index (χ0v) is 10.00. The van der Waals surface area contributed by atoms with E-state index in [0.717, 1.165) is 45.2 Å². The van der Waals surface area contributed by atoms with Crippen LogP contribution >= 0.6 is 0 Å². The number of carbonyl (C=O) groups is 2. The first-order valence-corrected chi connectivity index (χ1v) is 6.56. The summed E-state index contributed by atoms with van der Waals surface area (Å²) in [5, 5.41) is 6.11. The lowest BCUT2D eigenvalue weighted by Gasteiger charge is -2.28. The second kappa shape index (κ2) is 3.98. The minimum atomic E-state index is -0.533. The van der Waals surface area contributed by atoms with Crippen LogP contribution in [0.5, 0.6) is 0 Å². The standard InChI is InChI=1S/C12H19N3O2/c16-10-12(4-1-2-5-12)14-11(17)15(10)6-3-9-7-13-8-9/h9,13H,1-8H2,(H,14,17). The second-order valence-electron chi connectivity index (χ2n) is 5.49. The molecule has 1 saturated carbocycles. The van der Waals surface area contributed by atoms with Crippen LogP contribution in [0.1, 0.15) is 32.1 Å². The highest BCUT2D eigenvalue weighted by Crippen LogP contribution is 2.35. The Labute approximate surface area is 101 Å². The molecule has 2 saturated heterocycles. The highest BCUT2D eigenvalue weighted by Gasteiger charge is 2.52. The van der Waals surface area contributed by atoms with Crippen molar-refractivity contribution in [1.29, 1.82) is 0 Å². The van der Waals surface area contributed by atoms with Crippen molar-refractivity contribution in [3.63, 3.8) is 0 Å². The van der Waals surface area contributed by atoms with E-state index in [1.54, 1.807) is 0 Å². The first-order chi connectivity index (χ1) is 8.21. The van der Waals surface area contributed by atoms with Crippen LogP contribution in [0.25, 0.3) is 0 Å². The van der Waals surface area contributed by atoms with Gasteiger partial charge in [-0.05, 0) is 38.3 Å². The van der Waals surface area contributed by atoms with Crippen molar-refractivity contribution in [3.8, 4) is 0 Å². The van der Waals surface area contributed by atoms with E-state index in [4.69, 9.17) is 0 Å². The molecule has 2 N–H and O–H groups in total. The Balaban J connectivity index is 1.64. The molecule has 1 spiro atoms. The molecular formula is C12H19N3O2. The summed E-state index contributed by atoms with van der Waals surface area (Å²) < 4.78 is 0. The van der Waals surface area contributed by atoms with Crippen molar-refractivity contribution < 1.29 is 9.59 Å². The van der Waals surface area contributed by atoms with E-state index in [9.17, 15) is 9.59 Å². The highest BCUT2D eigenvalue weighted by atomic mass is 16.2. The maximum Gasteiger partial charge on any atom is 0.325 e. The van der Waals surface area contributed by atoms with Crippen LogP contribution in [0.15, 0.2) is 0 Å². The van der Waals surface area contributed by atoms with Crippen LogP contribution in [0.2, 0.25) is 0 Å². The summed E-state index contributed by atoms with van der Waals surface area (Å²) in [6.45, 7) is 2.63. The van der Waals surface area contributed by atoms with Crippen molar-refractivity contribution in [2.24, 2.45) is 5.92 Å². The molecule has 3 rings (SSSR count). The Hall–Kier alpha value is -1.10. The summed E-state index contributed by atoms with van der Waals surface area (Å²) in [5.41, 5.74) is -0.533. The molecule has 0 unspecified atom stereocenters. The quantitative estimate of drug-likeness (QED) is 0.701. The molecule has 2 aliphatic heterocycles. The fraction of sp³-hybridized carbons (Fsp3) is 0.833. The normalized spacial score (nSPS) is 27.6. The van der Waals surface area contributed by atoms with Crippen LogP contribution in [0.3, 0.4) is 0 Å². The molecule has 3 fully saturated rings. The molecule has 0 radical (unpaired) electrons. The summed E-state index contributed by atoms with van der Waals surface area (Å²) in [6, 6.07) is -0.177. The monoisotopic (exact) mass is 237 g/mol. The minimum Gasteiger partial charge on any atom is -0.323 e. The SMILES string of the molecule is O=C1NC2(CCCC2)C(=O)N1CCC1CNC1. The molecule has 5 nitrogen and oxygen atoms in total. The van der Waals surface area contributed by atoms with Crippen LogP contribution in [-0.4, -0.2) is 42.0 Å². The Morgan fingerprint density at radius 3 is 2.53 bits per heavy atom. The summed E-state index contributed by atoms with van der Waals surface area (Å²) in [5.74, 6) is 0.656. The molecule has 0 bridgehead atoms. The van der Waals surface area contributed by atoms with Gasteiger partial charge in [0.15, 0.2) is 0 Å². The van der Waals surface area contributed by atoms with E-state index in [0.29, 0.717) is 12.5 Å². The van der Waals surface area contributed by atoms with Gasteiger partial charge >= 0.3 is 6.03 Å². The maximum atomic E-state index is 12.3. The molecule has 0 atom stereocenters.